The second-order valence-electron chi connectivity index (χ2n) is 6.37. The summed E-state index contributed by atoms with van der Waals surface area (Å²) in [6, 6.07) is 9.08. The maximum atomic E-state index is 13.2. The molecule has 1 fully saturated rings. The van der Waals surface area contributed by atoms with E-state index in [1.807, 2.05) is 32.0 Å². The SMILES string of the molecule is CCc1cc(-c2ccc(C(=O)N3CCC(F)(F)CC3)cc2)nc(C)n1. The quantitative estimate of drug-likeness (QED) is 0.848. The first-order chi connectivity index (χ1) is 11.9. The van der Waals surface area contributed by atoms with Gasteiger partial charge in [-0.05, 0) is 31.5 Å². The first-order valence-electron chi connectivity index (χ1n) is 8.50. The number of amides is 1. The molecule has 0 spiro atoms. The van der Waals surface area contributed by atoms with Crippen LogP contribution in [0, 0.1) is 6.92 Å². The molecular weight excluding hydrogens is 324 g/mol. The fourth-order valence-corrected chi connectivity index (χ4v) is 2.96. The Hall–Kier alpha value is -2.37. The Kier molecular flexibility index (Phi) is 4.79. The highest BCUT2D eigenvalue weighted by molar-refractivity contribution is 5.94. The van der Waals surface area contributed by atoms with Crippen LogP contribution in [0.1, 0.15) is 41.6 Å². The number of carbonyl (C=O) groups excluding carboxylic acids is 1. The number of hydrogen-bond acceptors (Lipinski definition) is 3. The molecule has 2 heterocycles. The monoisotopic (exact) mass is 345 g/mol. The van der Waals surface area contributed by atoms with Gasteiger partial charge in [0.25, 0.3) is 11.8 Å². The molecule has 3 rings (SSSR count). The van der Waals surface area contributed by atoms with Gasteiger partial charge in [-0.25, -0.2) is 18.7 Å². The molecule has 0 bridgehead atoms. The molecule has 2 aromatic rings. The van der Waals surface area contributed by atoms with Gasteiger partial charge in [0.1, 0.15) is 5.82 Å². The fraction of sp³-hybridized carbons (Fsp3) is 0.421. The average molecular weight is 345 g/mol. The number of aromatic nitrogens is 2. The molecule has 1 aliphatic heterocycles. The van der Waals surface area contributed by atoms with E-state index in [-0.39, 0.29) is 31.8 Å². The van der Waals surface area contributed by atoms with E-state index in [9.17, 15) is 13.6 Å². The lowest BCUT2D eigenvalue weighted by Crippen LogP contribution is -2.42. The zero-order chi connectivity index (χ0) is 18.0. The molecule has 1 amide bonds. The minimum Gasteiger partial charge on any atom is -0.338 e. The van der Waals surface area contributed by atoms with Crippen molar-refractivity contribution in [2.45, 2.75) is 39.0 Å². The zero-order valence-electron chi connectivity index (χ0n) is 14.4. The van der Waals surface area contributed by atoms with Crippen LogP contribution in [0.2, 0.25) is 0 Å². The molecule has 4 nitrogen and oxygen atoms in total. The molecule has 25 heavy (non-hydrogen) atoms. The molecule has 0 aliphatic carbocycles. The van der Waals surface area contributed by atoms with Crippen molar-refractivity contribution < 1.29 is 13.6 Å². The molecule has 1 aliphatic rings. The van der Waals surface area contributed by atoms with Gasteiger partial charge in [-0.15, -0.1) is 0 Å². The third-order valence-electron chi connectivity index (χ3n) is 4.46. The lowest BCUT2D eigenvalue weighted by Gasteiger charge is -2.31. The van der Waals surface area contributed by atoms with Gasteiger partial charge in [-0.2, -0.15) is 0 Å². The van der Waals surface area contributed by atoms with Crippen LogP contribution in [-0.2, 0) is 6.42 Å². The maximum absolute atomic E-state index is 13.2. The number of carbonyl (C=O) groups is 1. The van der Waals surface area contributed by atoms with Gasteiger partial charge in [0.15, 0.2) is 0 Å². The van der Waals surface area contributed by atoms with E-state index in [1.165, 1.54) is 4.90 Å². The summed E-state index contributed by atoms with van der Waals surface area (Å²) in [7, 11) is 0. The second-order valence-corrected chi connectivity index (χ2v) is 6.37. The van der Waals surface area contributed by atoms with Crippen molar-refractivity contribution in [1.29, 1.82) is 0 Å². The summed E-state index contributed by atoms with van der Waals surface area (Å²) < 4.78 is 26.5. The minimum atomic E-state index is -2.65. The minimum absolute atomic E-state index is 0.0958. The molecule has 0 N–H and O–H groups in total. The first-order valence-corrected chi connectivity index (χ1v) is 8.50. The molecule has 6 heteroatoms. The Morgan fingerprint density at radius 3 is 2.40 bits per heavy atom. The van der Waals surface area contributed by atoms with Gasteiger partial charge in [0.2, 0.25) is 0 Å². The predicted molar refractivity (Wildman–Crippen MR) is 91.7 cm³/mol. The van der Waals surface area contributed by atoms with Crippen LogP contribution in [0.4, 0.5) is 8.78 Å². The van der Waals surface area contributed by atoms with Crippen LogP contribution >= 0.6 is 0 Å². The molecule has 0 radical (unpaired) electrons. The van der Waals surface area contributed by atoms with Crippen LogP contribution in [0.3, 0.4) is 0 Å². The zero-order valence-corrected chi connectivity index (χ0v) is 14.4. The highest BCUT2D eigenvalue weighted by atomic mass is 19.3. The van der Waals surface area contributed by atoms with Crippen LogP contribution in [0.5, 0.6) is 0 Å². The van der Waals surface area contributed by atoms with E-state index in [0.717, 1.165) is 23.4 Å². The Labute approximate surface area is 145 Å². The Balaban J connectivity index is 1.76. The van der Waals surface area contributed by atoms with Crippen LogP contribution in [0.15, 0.2) is 30.3 Å². The number of aryl methyl sites for hydroxylation is 2. The maximum Gasteiger partial charge on any atom is 0.253 e. The van der Waals surface area contributed by atoms with Crippen molar-refractivity contribution in [3.05, 3.63) is 47.4 Å². The summed E-state index contributed by atoms with van der Waals surface area (Å²) in [5.41, 5.74) is 3.20. The Bertz CT molecular complexity index is 765. The topological polar surface area (TPSA) is 46.1 Å². The van der Waals surface area contributed by atoms with Crippen molar-refractivity contribution in [3.63, 3.8) is 0 Å². The summed E-state index contributed by atoms with van der Waals surface area (Å²) in [6.45, 7) is 4.08. The van der Waals surface area contributed by atoms with Crippen molar-refractivity contribution in [2.75, 3.05) is 13.1 Å². The van der Waals surface area contributed by atoms with E-state index >= 15 is 0 Å². The number of likely N-dealkylation sites (tertiary alicyclic amines) is 1. The van der Waals surface area contributed by atoms with Gasteiger partial charge in [0.05, 0.1) is 5.69 Å². The number of piperidine rings is 1. The molecule has 0 saturated carbocycles. The van der Waals surface area contributed by atoms with E-state index in [0.29, 0.717) is 11.4 Å². The molecule has 132 valence electrons. The molecule has 1 aromatic heterocycles. The standard InChI is InChI=1S/C19H21F2N3O/c1-3-16-12-17(23-13(2)22-16)14-4-6-15(7-5-14)18(25)24-10-8-19(20,21)9-11-24/h4-7,12H,3,8-11H2,1-2H3. The van der Waals surface area contributed by atoms with E-state index < -0.39 is 5.92 Å². The van der Waals surface area contributed by atoms with Crippen molar-refractivity contribution in [2.24, 2.45) is 0 Å². The number of benzene rings is 1. The van der Waals surface area contributed by atoms with Crippen molar-refractivity contribution in [1.82, 2.24) is 14.9 Å². The van der Waals surface area contributed by atoms with Gasteiger partial charge in [0, 0.05) is 42.8 Å². The summed E-state index contributed by atoms with van der Waals surface area (Å²) in [4.78, 5) is 22.8. The number of hydrogen-bond donors (Lipinski definition) is 0. The molecule has 0 atom stereocenters. The van der Waals surface area contributed by atoms with Crippen molar-refractivity contribution in [3.8, 4) is 11.3 Å². The van der Waals surface area contributed by atoms with E-state index in [2.05, 4.69) is 9.97 Å². The normalized spacial score (nSPS) is 16.7. The van der Waals surface area contributed by atoms with E-state index in [4.69, 9.17) is 0 Å². The largest absolute Gasteiger partial charge is 0.338 e. The average Bonchev–Trinajstić information content (AvgIpc) is 2.60. The Morgan fingerprint density at radius 1 is 1.16 bits per heavy atom. The van der Waals surface area contributed by atoms with Crippen LogP contribution in [-0.4, -0.2) is 39.8 Å². The van der Waals surface area contributed by atoms with E-state index in [1.54, 1.807) is 12.1 Å². The molecule has 0 unspecified atom stereocenters. The van der Waals surface area contributed by atoms with Gasteiger partial charge in [-0.1, -0.05) is 19.1 Å². The van der Waals surface area contributed by atoms with Crippen LogP contribution < -0.4 is 0 Å². The lowest BCUT2D eigenvalue weighted by molar-refractivity contribution is -0.0494. The third-order valence-corrected chi connectivity index (χ3v) is 4.46. The molecule has 1 aromatic carbocycles. The molecule has 1 saturated heterocycles. The summed E-state index contributed by atoms with van der Waals surface area (Å²) in [6.07, 6.45) is 0.292. The van der Waals surface area contributed by atoms with Gasteiger partial charge < -0.3 is 4.90 Å². The number of alkyl halides is 2. The van der Waals surface area contributed by atoms with Gasteiger partial charge in [-0.3, -0.25) is 4.79 Å². The third kappa shape index (κ3) is 4.00. The summed E-state index contributed by atoms with van der Waals surface area (Å²) >= 11 is 0. The predicted octanol–water partition coefficient (Wildman–Crippen LogP) is 3.89. The van der Waals surface area contributed by atoms with Gasteiger partial charge >= 0.3 is 0 Å². The first kappa shape index (κ1) is 17.5. The fourth-order valence-electron chi connectivity index (χ4n) is 2.96. The Morgan fingerprint density at radius 2 is 1.80 bits per heavy atom. The summed E-state index contributed by atoms with van der Waals surface area (Å²) in [5.74, 6) is -2.14. The molecular formula is C19H21F2N3O. The van der Waals surface area contributed by atoms with Crippen molar-refractivity contribution >= 4 is 5.91 Å². The highest BCUT2D eigenvalue weighted by Gasteiger charge is 2.35. The lowest BCUT2D eigenvalue weighted by atomic mass is 10.0. The summed E-state index contributed by atoms with van der Waals surface area (Å²) in [5, 5.41) is 0. The second kappa shape index (κ2) is 6.86. The smallest absolute Gasteiger partial charge is 0.253 e. The number of halogens is 2. The number of rotatable bonds is 3. The number of nitrogens with zero attached hydrogens (tertiary/aromatic N) is 3. The highest BCUT2D eigenvalue weighted by Crippen LogP contribution is 2.28. The van der Waals surface area contributed by atoms with Crippen LogP contribution in [0.25, 0.3) is 11.3 Å².